The molecule has 0 saturated heterocycles. The number of aryl methyl sites for hydroxylation is 3. The van der Waals surface area contributed by atoms with Crippen LogP contribution >= 0.6 is 12.4 Å². The first-order chi connectivity index (χ1) is 18.1. The molecular formula is C30H29ClN4O3. The van der Waals surface area contributed by atoms with Crippen molar-refractivity contribution in [3.63, 3.8) is 0 Å². The van der Waals surface area contributed by atoms with E-state index in [1.165, 1.54) is 11.1 Å². The molecule has 38 heavy (non-hydrogen) atoms. The average Bonchev–Trinajstić information content (AvgIpc) is 3.56. The fraction of sp³-hybridized carbons (Fsp3) is 0.233. The van der Waals surface area contributed by atoms with Crippen molar-refractivity contribution in [2.75, 3.05) is 17.3 Å². The van der Waals surface area contributed by atoms with E-state index in [4.69, 9.17) is 4.74 Å². The van der Waals surface area contributed by atoms with Gasteiger partial charge in [0.2, 0.25) is 11.8 Å². The predicted molar refractivity (Wildman–Crippen MR) is 150 cm³/mol. The lowest BCUT2D eigenvalue weighted by atomic mass is 10.1. The molecule has 3 aromatic carbocycles. The third-order valence-electron chi connectivity index (χ3n) is 7.20. The van der Waals surface area contributed by atoms with Gasteiger partial charge in [-0.15, -0.1) is 12.4 Å². The maximum Gasteiger partial charge on any atom is 0.241 e. The number of nitrogens with zero attached hydrogens (tertiary/aromatic N) is 3. The Hall–Kier alpha value is -4.10. The second-order valence-corrected chi connectivity index (χ2v) is 9.49. The highest BCUT2D eigenvalue weighted by Crippen LogP contribution is 2.41. The van der Waals surface area contributed by atoms with E-state index in [0.717, 1.165) is 72.0 Å². The highest BCUT2D eigenvalue weighted by atomic mass is 35.5. The average molecular weight is 529 g/mol. The van der Waals surface area contributed by atoms with Crippen LogP contribution in [0.15, 0.2) is 73.1 Å². The molecule has 1 aromatic heterocycles. The van der Waals surface area contributed by atoms with Crippen molar-refractivity contribution in [3.05, 3.63) is 95.6 Å². The SMILES string of the molecule is COc1cccc(CCc2nccn2-c2ccc(N3C(=O)CC(=O)Nc4c3ccc3c4CCC3)cc2)c1.Cl. The monoisotopic (exact) mass is 528 g/mol. The van der Waals surface area contributed by atoms with E-state index in [0.29, 0.717) is 0 Å². The van der Waals surface area contributed by atoms with Crippen LogP contribution in [0.2, 0.25) is 0 Å². The second-order valence-electron chi connectivity index (χ2n) is 9.49. The highest BCUT2D eigenvalue weighted by molar-refractivity contribution is 6.17. The molecule has 2 heterocycles. The summed E-state index contributed by atoms with van der Waals surface area (Å²) in [5.41, 5.74) is 6.83. The van der Waals surface area contributed by atoms with Gasteiger partial charge in [0.15, 0.2) is 0 Å². The van der Waals surface area contributed by atoms with Gasteiger partial charge >= 0.3 is 0 Å². The number of fused-ring (bicyclic) bond motifs is 3. The minimum Gasteiger partial charge on any atom is -0.497 e. The number of halogens is 1. The van der Waals surface area contributed by atoms with Crippen LogP contribution in [0, 0.1) is 0 Å². The lowest BCUT2D eigenvalue weighted by Crippen LogP contribution is -2.26. The topological polar surface area (TPSA) is 76.5 Å². The van der Waals surface area contributed by atoms with E-state index in [1.54, 1.807) is 18.2 Å². The van der Waals surface area contributed by atoms with Crippen LogP contribution < -0.4 is 15.0 Å². The van der Waals surface area contributed by atoms with E-state index in [1.807, 2.05) is 54.7 Å². The van der Waals surface area contributed by atoms with Crippen molar-refractivity contribution < 1.29 is 14.3 Å². The fourth-order valence-corrected chi connectivity index (χ4v) is 5.40. The van der Waals surface area contributed by atoms with Gasteiger partial charge in [-0.25, -0.2) is 4.98 Å². The van der Waals surface area contributed by atoms with Crippen LogP contribution in [0.25, 0.3) is 5.69 Å². The molecule has 0 spiro atoms. The first kappa shape index (κ1) is 25.5. The number of methoxy groups -OCH3 is 1. The summed E-state index contributed by atoms with van der Waals surface area (Å²) in [7, 11) is 1.67. The second kappa shape index (κ2) is 10.7. The Morgan fingerprint density at radius 3 is 2.61 bits per heavy atom. The number of carbonyl (C=O) groups excluding carboxylic acids is 2. The van der Waals surface area contributed by atoms with Gasteiger partial charge in [0, 0.05) is 30.2 Å². The quantitative estimate of drug-likeness (QED) is 0.331. The van der Waals surface area contributed by atoms with Gasteiger partial charge in [-0.1, -0.05) is 18.2 Å². The number of hydrogen-bond acceptors (Lipinski definition) is 4. The number of rotatable bonds is 6. The van der Waals surface area contributed by atoms with E-state index in [2.05, 4.69) is 27.0 Å². The Balaban J connectivity index is 0.00000294. The molecule has 2 amide bonds. The summed E-state index contributed by atoms with van der Waals surface area (Å²) in [4.78, 5) is 31.9. The molecule has 1 aliphatic carbocycles. The number of amides is 2. The first-order valence-electron chi connectivity index (χ1n) is 12.6. The molecule has 6 rings (SSSR count). The molecule has 0 atom stereocenters. The lowest BCUT2D eigenvalue weighted by molar-refractivity contribution is -0.124. The van der Waals surface area contributed by atoms with Gasteiger partial charge in [-0.2, -0.15) is 0 Å². The van der Waals surface area contributed by atoms with Gasteiger partial charge in [-0.3, -0.25) is 14.5 Å². The fourth-order valence-electron chi connectivity index (χ4n) is 5.40. The third kappa shape index (κ3) is 4.77. The summed E-state index contributed by atoms with van der Waals surface area (Å²) in [5, 5.41) is 3.01. The molecule has 8 heteroatoms. The standard InChI is InChI=1S/C30H28N4O3.ClH/c1-37-24-6-2-4-20(18-24)8-15-27-31-16-17-33(27)22-10-12-23(13-11-22)34-26-14-9-21-5-3-7-25(21)30(26)32-28(35)19-29(34)36;/h2,4,6,9-14,16-18H,3,5,7-8,15,19H2,1H3,(H,32,35);1H. The maximum absolute atomic E-state index is 13.2. The lowest BCUT2D eigenvalue weighted by Gasteiger charge is -2.24. The van der Waals surface area contributed by atoms with Gasteiger partial charge in [-0.05, 0) is 84.8 Å². The Morgan fingerprint density at radius 2 is 1.79 bits per heavy atom. The zero-order valence-corrected chi connectivity index (χ0v) is 22.0. The van der Waals surface area contributed by atoms with E-state index >= 15 is 0 Å². The predicted octanol–water partition coefficient (Wildman–Crippen LogP) is 5.58. The minimum absolute atomic E-state index is 0. The van der Waals surface area contributed by atoms with Crippen molar-refractivity contribution in [2.45, 2.75) is 38.5 Å². The van der Waals surface area contributed by atoms with Crippen molar-refractivity contribution in [2.24, 2.45) is 0 Å². The largest absolute Gasteiger partial charge is 0.497 e. The van der Waals surface area contributed by atoms with Crippen LogP contribution in [0.1, 0.15) is 35.4 Å². The summed E-state index contributed by atoms with van der Waals surface area (Å²) < 4.78 is 7.41. The zero-order valence-electron chi connectivity index (χ0n) is 21.1. The van der Waals surface area contributed by atoms with Crippen molar-refractivity contribution in [1.82, 2.24) is 9.55 Å². The number of nitrogens with one attached hydrogen (secondary N) is 1. The highest BCUT2D eigenvalue weighted by Gasteiger charge is 2.31. The molecule has 0 fully saturated rings. The van der Waals surface area contributed by atoms with Gasteiger partial charge in [0.25, 0.3) is 0 Å². The van der Waals surface area contributed by atoms with Crippen LogP contribution in [-0.2, 0) is 35.3 Å². The Labute approximate surface area is 227 Å². The summed E-state index contributed by atoms with van der Waals surface area (Å²) in [6, 6.07) is 20.0. The van der Waals surface area contributed by atoms with Gasteiger partial charge < -0.3 is 14.6 Å². The van der Waals surface area contributed by atoms with Gasteiger partial charge in [0.1, 0.15) is 18.0 Å². The molecule has 0 bridgehead atoms. The smallest absolute Gasteiger partial charge is 0.241 e. The Kier molecular flexibility index (Phi) is 7.20. The van der Waals surface area contributed by atoms with Crippen LogP contribution in [0.4, 0.5) is 17.1 Å². The molecule has 4 aromatic rings. The molecule has 7 nitrogen and oxygen atoms in total. The zero-order chi connectivity index (χ0) is 25.4. The van der Waals surface area contributed by atoms with Crippen LogP contribution in [0.3, 0.4) is 0 Å². The first-order valence-corrected chi connectivity index (χ1v) is 12.6. The molecule has 0 saturated carbocycles. The number of carbonyl (C=O) groups is 2. The maximum atomic E-state index is 13.2. The van der Waals surface area contributed by atoms with Crippen molar-refractivity contribution in [1.29, 1.82) is 0 Å². The number of anilines is 3. The van der Waals surface area contributed by atoms with Gasteiger partial charge in [0.05, 0.1) is 18.5 Å². The number of hydrogen-bond donors (Lipinski definition) is 1. The van der Waals surface area contributed by atoms with Crippen molar-refractivity contribution in [3.8, 4) is 11.4 Å². The summed E-state index contributed by atoms with van der Waals surface area (Å²) in [6.07, 6.45) is 8.19. The molecule has 0 unspecified atom stereocenters. The number of aromatic nitrogens is 2. The normalized spacial score (nSPS) is 14.3. The molecule has 194 valence electrons. The number of ether oxygens (including phenoxy) is 1. The molecule has 2 aliphatic rings. The summed E-state index contributed by atoms with van der Waals surface area (Å²) in [5.74, 6) is 1.31. The third-order valence-corrected chi connectivity index (χ3v) is 7.20. The number of imidazole rings is 1. The van der Waals surface area contributed by atoms with Crippen LogP contribution in [-0.4, -0.2) is 28.5 Å². The Morgan fingerprint density at radius 1 is 0.974 bits per heavy atom. The van der Waals surface area contributed by atoms with E-state index < -0.39 is 0 Å². The molecule has 0 radical (unpaired) electrons. The summed E-state index contributed by atoms with van der Waals surface area (Å²) >= 11 is 0. The molecule has 1 N–H and O–H groups in total. The molecular weight excluding hydrogens is 500 g/mol. The summed E-state index contributed by atoms with van der Waals surface area (Å²) in [6.45, 7) is 0. The number of benzene rings is 3. The minimum atomic E-state index is -0.259. The van der Waals surface area contributed by atoms with Crippen molar-refractivity contribution >= 4 is 41.3 Å². The van der Waals surface area contributed by atoms with E-state index in [9.17, 15) is 9.59 Å². The van der Waals surface area contributed by atoms with E-state index in [-0.39, 0.29) is 30.6 Å². The van der Waals surface area contributed by atoms with Crippen LogP contribution in [0.5, 0.6) is 5.75 Å². The Bertz CT molecular complexity index is 1500. The molecule has 1 aliphatic heterocycles.